The van der Waals surface area contributed by atoms with Crippen LogP contribution < -0.4 is 11.1 Å². The Labute approximate surface area is 96.0 Å². The summed E-state index contributed by atoms with van der Waals surface area (Å²) in [4.78, 5) is 11.9. The van der Waals surface area contributed by atoms with Gasteiger partial charge in [-0.05, 0) is 43.7 Å². The summed E-state index contributed by atoms with van der Waals surface area (Å²) in [5.41, 5.74) is 7.05. The molecule has 0 radical (unpaired) electrons. The maximum absolute atomic E-state index is 11.9. The summed E-state index contributed by atoms with van der Waals surface area (Å²) in [6, 6.07) is 7.53. The van der Waals surface area contributed by atoms with Crippen molar-refractivity contribution in [1.82, 2.24) is 5.32 Å². The minimum absolute atomic E-state index is 0.208. The second-order valence-electron chi connectivity index (χ2n) is 4.40. The van der Waals surface area contributed by atoms with Gasteiger partial charge >= 0.3 is 0 Å². The van der Waals surface area contributed by atoms with Crippen LogP contribution in [-0.2, 0) is 0 Å². The smallest absolute Gasteiger partial charge is 0.164 e. The lowest BCUT2D eigenvalue weighted by atomic mass is 9.97. The molecule has 1 aliphatic rings. The molecule has 0 bridgehead atoms. The molecule has 0 saturated carbocycles. The summed E-state index contributed by atoms with van der Waals surface area (Å²) in [5, 5.41) is 3.39. The standard InChI is InChI=1S/C13H18N2O/c14-11-6-4-10(5-7-11)13(16)9-12-3-1-2-8-15-12/h4-7,12,15H,1-3,8-9,14H2. The number of hydrogen-bond acceptors (Lipinski definition) is 3. The molecule has 1 saturated heterocycles. The molecule has 0 aromatic heterocycles. The Bertz CT molecular complexity index is 353. The van der Waals surface area contributed by atoms with E-state index >= 15 is 0 Å². The highest BCUT2D eigenvalue weighted by molar-refractivity contribution is 5.96. The second-order valence-corrected chi connectivity index (χ2v) is 4.40. The quantitative estimate of drug-likeness (QED) is 0.602. The van der Waals surface area contributed by atoms with Crippen molar-refractivity contribution in [3.63, 3.8) is 0 Å². The van der Waals surface area contributed by atoms with E-state index in [9.17, 15) is 4.79 Å². The van der Waals surface area contributed by atoms with Crippen molar-refractivity contribution in [2.45, 2.75) is 31.7 Å². The Kier molecular flexibility index (Phi) is 3.57. The molecular weight excluding hydrogens is 200 g/mol. The molecule has 86 valence electrons. The van der Waals surface area contributed by atoms with Crippen molar-refractivity contribution in [2.75, 3.05) is 12.3 Å². The lowest BCUT2D eigenvalue weighted by Gasteiger charge is -2.22. The zero-order valence-corrected chi connectivity index (χ0v) is 9.41. The van der Waals surface area contributed by atoms with Crippen molar-refractivity contribution in [3.8, 4) is 0 Å². The normalized spacial score (nSPS) is 20.6. The van der Waals surface area contributed by atoms with Crippen LogP contribution in [0.2, 0.25) is 0 Å². The summed E-state index contributed by atoms with van der Waals surface area (Å²) >= 11 is 0. The Morgan fingerprint density at radius 2 is 2.06 bits per heavy atom. The SMILES string of the molecule is Nc1ccc(C(=O)CC2CCCCN2)cc1. The van der Waals surface area contributed by atoms with Gasteiger partial charge in [0.1, 0.15) is 0 Å². The Balaban J connectivity index is 1.94. The summed E-state index contributed by atoms with van der Waals surface area (Å²) in [7, 11) is 0. The Morgan fingerprint density at radius 3 is 2.69 bits per heavy atom. The number of Topliss-reactive ketones (excluding diaryl/α,β-unsaturated/α-hetero) is 1. The fourth-order valence-electron chi connectivity index (χ4n) is 2.11. The average Bonchev–Trinajstić information content (AvgIpc) is 2.31. The number of ketones is 1. The molecule has 1 aliphatic heterocycles. The van der Waals surface area contributed by atoms with E-state index in [1.807, 2.05) is 0 Å². The van der Waals surface area contributed by atoms with Gasteiger partial charge in [0.05, 0.1) is 0 Å². The van der Waals surface area contributed by atoms with Crippen LogP contribution in [0.3, 0.4) is 0 Å². The summed E-state index contributed by atoms with van der Waals surface area (Å²) in [6.07, 6.45) is 4.17. The zero-order chi connectivity index (χ0) is 11.4. The molecule has 0 aliphatic carbocycles. The molecule has 3 N–H and O–H groups in total. The third-order valence-electron chi connectivity index (χ3n) is 3.08. The van der Waals surface area contributed by atoms with E-state index in [-0.39, 0.29) is 5.78 Å². The van der Waals surface area contributed by atoms with Gasteiger partial charge in [0.2, 0.25) is 0 Å². The van der Waals surface area contributed by atoms with E-state index in [2.05, 4.69) is 5.32 Å². The maximum Gasteiger partial charge on any atom is 0.164 e. The molecule has 3 nitrogen and oxygen atoms in total. The van der Waals surface area contributed by atoms with Gasteiger partial charge in [-0.15, -0.1) is 0 Å². The number of carbonyl (C=O) groups excluding carboxylic acids is 1. The fraction of sp³-hybridized carbons (Fsp3) is 0.462. The molecule has 1 fully saturated rings. The number of piperidine rings is 1. The molecule has 1 aromatic rings. The molecule has 1 atom stereocenters. The summed E-state index contributed by atoms with van der Waals surface area (Å²) in [5.74, 6) is 0.208. The molecule has 1 aromatic carbocycles. The monoisotopic (exact) mass is 218 g/mol. The van der Waals surface area contributed by atoms with Crippen LogP contribution in [0.15, 0.2) is 24.3 Å². The molecule has 1 unspecified atom stereocenters. The van der Waals surface area contributed by atoms with Crippen molar-refractivity contribution >= 4 is 11.5 Å². The maximum atomic E-state index is 11.9. The molecular formula is C13H18N2O. The molecule has 16 heavy (non-hydrogen) atoms. The van der Waals surface area contributed by atoms with Crippen molar-refractivity contribution < 1.29 is 4.79 Å². The number of nitrogens with one attached hydrogen (secondary N) is 1. The summed E-state index contributed by atoms with van der Waals surface area (Å²) < 4.78 is 0. The number of anilines is 1. The lowest BCUT2D eigenvalue weighted by molar-refractivity contribution is 0.0964. The predicted octanol–water partition coefficient (Wildman–Crippen LogP) is 1.98. The summed E-state index contributed by atoms with van der Waals surface area (Å²) in [6.45, 7) is 1.04. The van der Waals surface area contributed by atoms with E-state index in [0.29, 0.717) is 18.2 Å². The highest BCUT2D eigenvalue weighted by atomic mass is 16.1. The number of benzene rings is 1. The van der Waals surface area contributed by atoms with Crippen LogP contribution in [0, 0.1) is 0 Å². The zero-order valence-electron chi connectivity index (χ0n) is 9.41. The van der Waals surface area contributed by atoms with E-state index in [1.165, 1.54) is 12.8 Å². The topological polar surface area (TPSA) is 55.1 Å². The van der Waals surface area contributed by atoms with Crippen LogP contribution in [-0.4, -0.2) is 18.4 Å². The molecule has 0 spiro atoms. The minimum Gasteiger partial charge on any atom is -0.399 e. The van der Waals surface area contributed by atoms with Gasteiger partial charge in [-0.3, -0.25) is 4.79 Å². The Hall–Kier alpha value is -1.35. The number of nitrogen functional groups attached to an aromatic ring is 1. The molecule has 3 heteroatoms. The van der Waals surface area contributed by atoms with Crippen molar-refractivity contribution in [2.24, 2.45) is 0 Å². The number of carbonyl (C=O) groups is 1. The van der Waals surface area contributed by atoms with Crippen LogP contribution >= 0.6 is 0 Å². The highest BCUT2D eigenvalue weighted by Gasteiger charge is 2.17. The van der Waals surface area contributed by atoms with Gasteiger partial charge in [-0.2, -0.15) is 0 Å². The highest BCUT2D eigenvalue weighted by Crippen LogP contribution is 2.14. The first-order chi connectivity index (χ1) is 7.75. The molecule has 2 rings (SSSR count). The number of rotatable bonds is 3. The molecule has 0 amide bonds. The van der Waals surface area contributed by atoms with Crippen LogP contribution in [0.1, 0.15) is 36.0 Å². The van der Waals surface area contributed by atoms with E-state index in [1.54, 1.807) is 24.3 Å². The van der Waals surface area contributed by atoms with E-state index in [4.69, 9.17) is 5.73 Å². The van der Waals surface area contributed by atoms with Crippen LogP contribution in [0.25, 0.3) is 0 Å². The third-order valence-corrected chi connectivity index (χ3v) is 3.08. The first-order valence-electron chi connectivity index (χ1n) is 5.88. The van der Waals surface area contributed by atoms with Gasteiger partial charge < -0.3 is 11.1 Å². The van der Waals surface area contributed by atoms with Crippen LogP contribution in [0.5, 0.6) is 0 Å². The van der Waals surface area contributed by atoms with Gasteiger partial charge in [0, 0.05) is 23.7 Å². The molecule has 1 heterocycles. The van der Waals surface area contributed by atoms with Gasteiger partial charge in [0.15, 0.2) is 5.78 Å². The van der Waals surface area contributed by atoms with Gasteiger partial charge in [-0.1, -0.05) is 6.42 Å². The minimum atomic E-state index is 0.208. The first kappa shape index (κ1) is 11.1. The van der Waals surface area contributed by atoms with Crippen LogP contribution in [0.4, 0.5) is 5.69 Å². The first-order valence-corrected chi connectivity index (χ1v) is 5.88. The predicted molar refractivity (Wildman–Crippen MR) is 65.4 cm³/mol. The lowest BCUT2D eigenvalue weighted by Crippen LogP contribution is -2.35. The van der Waals surface area contributed by atoms with Crippen molar-refractivity contribution in [3.05, 3.63) is 29.8 Å². The second kappa shape index (κ2) is 5.12. The average molecular weight is 218 g/mol. The number of nitrogens with two attached hydrogens (primary N) is 1. The van der Waals surface area contributed by atoms with Crippen molar-refractivity contribution in [1.29, 1.82) is 0 Å². The van der Waals surface area contributed by atoms with E-state index in [0.717, 1.165) is 18.5 Å². The van der Waals surface area contributed by atoms with Gasteiger partial charge in [0.25, 0.3) is 0 Å². The Morgan fingerprint density at radius 1 is 1.31 bits per heavy atom. The third kappa shape index (κ3) is 2.83. The largest absolute Gasteiger partial charge is 0.399 e. The fourth-order valence-corrected chi connectivity index (χ4v) is 2.11. The van der Waals surface area contributed by atoms with E-state index < -0.39 is 0 Å². The number of hydrogen-bond donors (Lipinski definition) is 2. The van der Waals surface area contributed by atoms with Gasteiger partial charge in [-0.25, -0.2) is 0 Å².